The molecule has 2 nitrogen and oxygen atoms in total. The summed E-state index contributed by atoms with van der Waals surface area (Å²) in [4.78, 5) is 0. The maximum absolute atomic E-state index is 12.0. The Bertz CT molecular complexity index is 609. The van der Waals surface area contributed by atoms with Crippen LogP contribution in [0, 0.1) is 5.92 Å². The van der Waals surface area contributed by atoms with Crippen LogP contribution in [0.25, 0.3) is 11.1 Å². The minimum atomic E-state index is -0.722. The summed E-state index contributed by atoms with van der Waals surface area (Å²) >= 11 is 0. The van der Waals surface area contributed by atoms with E-state index in [4.69, 9.17) is 0 Å². The third-order valence-electron chi connectivity index (χ3n) is 3.96. The van der Waals surface area contributed by atoms with Gasteiger partial charge in [-0.3, -0.25) is 4.21 Å². The van der Waals surface area contributed by atoms with Crippen LogP contribution >= 0.6 is 0 Å². The monoisotopic (exact) mass is 299 g/mol. The molecular formula is C18H21NOS. The van der Waals surface area contributed by atoms with Crippen LogP contribution in [0.5, 0.6) is 0 Å². The molecule has 21 heavy (non-hydrogen) atoms. The molecule has 3 rings (SSSR count). The fourth-order valence-electron chi connectivity index (χ4n) is 2.79. The van der Waals surface area contributed by atoms with E-state index in [2.05, 4.69) is 60.8 Å². The van der Waals surface area contributed by atoms with Crippen LogP contribution in [0.3, 0.4) is 0 Å². The van der Waals surface area contributed by atoms with E-state index in [0.717, 1.165) is 18.1 Å². The van der Waals surface area contributed by atoms with Crippen molar-refractivity contribution in [2.24, 2.45) is 5.92 Å². The van der Waals surface area contributed by atoms with E-state index in [9.17, 15) is 4.21 Å². The molecule has 0 aliphatic carbocycles. The molecule has 3 unspecified atom stereocenters. The van der Waals surface area contributed by atoms with Crippen LogP contribution in [-0.4, -0.2) is 22.3 Å². The molecule has 1 fully saturated rings. The van der Waals surface area contributed by atoms with Crippen molar-refractivity contribution in [1.29, 1.82) is 0 Å². The maximum Gasteiger partial charge on any atom is 0.0436 e. The maximum atomic E-state index is 12.0. The summed E-state index contributed by atoms with van der Waals surface area (Å²) in [7, 11) is -0.722. The molecule has 1 aliphatic rings. The average molecular weight is 299 g/mol. The average Bonchev–Trinajstić information content (AvgIpc) is 2.69. The van der Waals surface area contributed by atoms with Crippen molar-refractivity contribution in [2.45, 2.75) is 13.0 Å². The Kier molecular flexibility index (Phi) is 4.51. The lowest BCUT2D eigenvalue weighted by atomic mass is 10.0. The second kappa shape index (κ2) is 6.54. The highest BCUT2D eigenvalue weighted by molar-refractivity contribution is 7.85. The second-order valence-electron chi connectivity index (χ2n) is 5.83. The van der Waals surface area contributed by atoms with Gasteiger partial charge in [-0.1, -0.05) is 61.5 Å². The highest BCUT2D eigenvalue weighted by Gasteiger charge is 2.21. The first kappa shape index (κ1) is 14.5. The third-order valence-corrected chi connectivity index (χ3v) is 5.60. The van der Waals surface area contributed by atoms with Gasteiger partial charge in [0.1, 0.15) is 0 Å². The van der Waals surface area contributed by atoms with Crippen molar-refractivity contribution in [3.05, 3.63) is 60.2 Å². The van der Waals surface area contributed by atoms with Gasteiger partial charge in [-0.15, -0.1) is 0 Å². The molecule has 1 saturated heterocycles. The van der Waals surface area contributed by atoms with Crippen molar-refractivity contribution >= 4 is 10.8 Å². The fraction of sp³-hybridized carbons (Fsp3) is 0.333. The van der Waals surface area contributed by atoms with Crippen molar-refractivity contribution in [3.63, 3.8) is 0 Å². The summed E-state index contributed by atoms with van der Waals surface area (Å²) in [6.07, 6.45) is 0. The van der Waals surface area contributed by atoms with E-state index in [0.29, 0.717) is 5.92 Å². The highest BCUT2D eigenvalue weighted by atomic mass is 32.2. The lowest BCUT2D eigenvalue weighted by Gasteiger charge is -2.16. The first-order chi connectivity index (χ1) is 10.2. The molecule has 0 amide bonds. The number of rotatable bonds is 2. The van der Waals surface area contributed by atoms with E-state index in [1.165, 1.54) is 16.7 Å². The van der Waals surface area contributed by atoms with Gasteiger partial charge in [0.15, 0.2) is 0 Å². The molecule has 0 bridgehead atoms. The smallest absolute Gasteiger partial charge is 0.0436 e. The van der Waals surface area contributed by atoms with E-state index in [1.807, 2.05) is 6.07 Å². The first-order valence-corrected chi connectivity index (χ1v) is 8.95. The summed E-state index contributed by atoms with van der Waals surface area (Å²) in [5.41, 5.74) is 3.69. The van der Waals surface area contributed by atoms with Crippen molar-refractivity contribution in [1.82, 2.24) is 5.32 Å². The SMILES string of the molecule is CC1CNC(c2ccc(-c3ccccc3)cc2)CS(=O)C1. The molecule has 0 spiro atoms. The van der Waals surface area contributed by atoms with Gasteiger partial charge in [0.05, 0.1) is 0 Å². The van der Waals surface area contributed by atoms with Crippen molar-refractivity contribution < 1.29 is 4.21 Å². The van der Waals surface area contributed by atoms with Gasteiger partial charge < -0.3 is 5.32 Å². The highest BCUT2D eigenvalue weighted by Crippen LogP contribution is 2.23. The lowest BCUT2D eigenvalue weighted by molar-refractivity contribution is 0.518. The number of hydrogen-bond donors (Lipinski definition) is 1. The Morgan fingerprint density at radius 3 is 2.33 bits per heavy atom. The molecule has 2 aromatic rings. The molecule has 110 valence electrons. The Morgan fingerprint density at radius 2 is 1.62 bits per heavy atom. The third kappa shape index (κ3) is 3.60. The largest absolute Gasteiger partial charge is 0.309 e. The zero-order valence-electron chi connectivity index (χ0n) is 12.3. The zero-order chi connectivity index (χ0) is 14.7. The molecule has 0 saturated carbocycles. The van der Waals surface area contributed by atoms with Crippen molar-refractivity contribution in [2.75, 3.05) is 18.1 Å². The topological polar surface area (TPSA) is 29.1 Å². The molecule has 1 N–H and O–H groups in total. The Hall–Kier alpha value is -1.45. The number of hydrogen-bond acceptors (Lipinski definition) is 2. The summed E-state index contributed by atoms with van der Waals surface area (Å²) in [5, 5.41) is 3.54. The van der Waals surface area contributed by atoms with Gasteiger partial charge in [0, 0.05) is 28.3 Å². The molecular weight excluding hydrogens is 278 g/mol. The van der Waals surface area contributed by atoms with E-state index in [1.54, 1.807) is 0 Å². The van der Waals surface area contributed by atoms with Gasteiger partial charge in [-0.05, 0) is 29.2 Å². The Morgan fingerprint density at radius 1 is 0.952 bits per heavy atom. The molecule has 0 radical (unpaired) electrons. The molecule has 3 atom stereocenters. The zero-order valence-corrected chi connectivity index (χ0v) is 13.1. The van der Waals surface area contributed by atoms with Gasteiger partial charge in [0.25, 0.3) is 0 Å². The normalized spacial score (nSPS) is 26.2. The molecule has 2 aromatic carbocycles. The fourth-order valence-corrected chi connectivity index (χ4v) is 4.36. The van der Waals surface area contributed by atoms with E-state index < -0.39 is 10.8 Å². The van der Waals surface area contributed by atoms with E-state index in [-0.39, 0.29) is 6.04 Å². The predicted molar refractivity (Wildman–Crippen MR) is 89.7 cm³/mol. The molecule has 3 heteroatoms. The van der Waals surface area contributed by atoms with Crippen LogP contribution in [0.15, 0.2) is 54.6 Å². The van der Waals surface area contributed by atoms with E-state index >= 15 is 0 Å². The van der Waals surface area contributed by atoms with Gasteiger partial charge >= 0.3 is 0 Å². The summed E-state index contributed by atoms with van der Waals surface area (Å²) in [5.74, 6) is 2.01. The Balaban J connectivity index is 1.79. The number of nitrogens with one attached hydrogen (secondary N) is 1. The minimum Gasteiger partial charge on any atom is -0.309 e. The second-order valence-corrected chi connectivity index (χ2v) is 7.37. The predicted octanol–water partition coefficient (Wildman–Crippen LogP) is 3.38. The Labute approximate surface area is 129 Å². The summed E-state index contributed by atoms with van der Waals surface area (Å²) < 4.78 is 12.0. The first-order valence-electron chi connectivity index (χ1n) is 7.46. The van der Waals surface area contributed by atoms with Crippen LogP contribution in [0.1, 0.15) is 18.5 Å². The molecule has 1 aliphatic heterocycles. The van der Waals surface area contributed by atoms with Gasteiger partial charge in [-0.2, -0.15) is 0 Å². The summed E-state index contributed by atoms with van der Waals surface area (Å²) in [6, 6.07) is 19.2. The van der Waals surface area contributed by atoms with Crippen LogP contribution in [-0.2, 0) is 10.8 Å². The molecule has 0 aromatic heterocycles. The molecule has 1 heterocycles. The van der Waals surface area contributed by atoms with Crippen molar-refractivity contribution in [3.8, 4) is 11.1 Å². The van der Waals surface area contributed by atoms with Gasteiger partial charge in [-0.25, -0.2) is 0 Å². The van der Waals surface area contributed by atoms with Crippen LogP contribution < -0.4 is 5.32 Å². The summed E-state index contributed by atoms with van der Waals surface area (Å²) in [6.45, 7) is 3.10. The minimum absolute atomic E-state index is 0.209. The van der Waals surface area contributed by atoms with Gasteiger partial charge in [0.2, 0.25) is 0 Å². The quantitative estimate of drug-likeness (QED) is 0.921. The van der Waals surface area contributed by atoms with Crippen LogP contribution in [0.2, 0.25) is 0 Å². The standard InChI is InChI=1S/C18H21NOS/c1-14-11-19-18(13-21(20)12-14)17-9-7-16(8-10-17)15-5-3-2-4-6-15/h2-10,14,18-19H,11-13H2,1H3. The van der Waals surface area contributed by atoms with Crippen LogP contribution in [0.4, 0.5) is 0 Å². The lowest BCUT2D eigenvalue weighted by Crippen LogP contribution is -2.25. The number of benzene rings is 2.